The van der Waals surface area contributed by atoms with Crippen molar-refractivity contribution in [2.75, 3.05) is 14.1 Å². The molecule has 1 N–H and O–H groups in total. The molecule has 0 fully saturated rings. The van der Waals surface area contributed by atoms with Crippen LogP contribution < -0.4 is 28.9 Å². The van der Waals surface area contributed by atoms with Gasteiger partial charge in [0, 0.05) is 26.0 Å². The molecule has 0 saturated heterocycles. The topological polar surface area (TPSA) is 12.6 Å². The summed E-state index contributed by atoms with van der Waals surface area (Å²) < 4.78 is 2.12. The van der Waals surface area contributed by atoms with Gasteiger partial charge in [0.05, 0.1) is 13.2 Å². The fraction of sp³-hybridized carbons (Fsp3) is 0.333. The molecule has 0 spiro atoms. The maximum atomic E-state index is 2.24. The van der Waals surface area contributed by atoms with Crippen LogP contribution >= 0.6 is 0 Å². The summed E-state index contributed by atoms with van der Waals surface area (Å²) in [5.74, 6) is 0. The van der Waals surface area contributed by atoms with Gasteiger partial charge in [-0.1, -0.05) is 0 Å². The zero-order chi connectivity index (χ0) is 10.8. The van der Waals surface area contributed by atoms with Crippen molar-refractivity contribution in [3.63, 3.8) is 0 Å². The zero-order valence-electron chi connectivity index (χ0n) is 9.89. The van der Waals surface area contributed by atoms with E-state index in [0.29, 0.717) is 6.17 Å². The smallest absolute Gasteiger partial charge is 0.186 e. The van der Waals surface area contributed by atoms with Gasteiger partial charge in [-0.05, 0) is 24.3 Å². The van der Waals surface area contributed by atoms with Gasteiger partial charge in [-0.2, -0.15) is 0 Å². The second-order valence-corrected chi connectivity index (χ2v) is 4.07. The molecule has 0 aliphatic carbocycles. The molecule has 2 unspecified atom stereocenters. The van der Waals surface area contributed by atoms with Crippen LogP contribution in [0.5, 0.6) is 0 Å². The van der Waals surface area contributed by atoms with Crippen LogP contribution in [0.4, 0.5) is 0 Å². The molecular weight excluding hydrogens is 313 g/mol. The predicted molar refractivity (Wildman–Crippen MR) is 62.0 cm³/mol. The molecule has 16 heavy (non-hydrogen) atoms. The monoisotopic (exact) mass is 331 g/mol. The Labute approximate surface area is 114 Å². The summed E-state index contributed by atoms with van der Waals surface area (Å²) in [5.41, 5.74) is 1.24. The van der Waals surface area contributed by atoms with Crippen LogP contribution in [0.3, 0.4) is 0 Å². The number of likely N-dealkylation sites (N-methyl/N-ethyl adjacent to an activating group) is 2. The van der Waals surface area contributed by atoms with Crippen molar-refractivity contribution in [3.05, 3.63) is 42.5 Å². The number of nitrogens with zero attached hydrogens (tertiary/aromatic N) is 2. The molecular formula is C12H18IN3. The van der Waals surface area contributed by atoms with E-state index in [4.69, 9.17) is 0 Å². The highest BCUT2D eigenvalue weighted by molar-refractivity contribution is 5.45. The molecule has 0 aromatic carbocycles. The van der Waals surface area contributed by atoms with E-state index < -0.39 is 0 Å². The number of hydrogen-bond donors (Lipinski definition) is 1. The van der Waals surface area contributed by atoms with E-state index in [2.05, 4.69) is 73.5 Å². The lowest BCUT2D eigenvalue weighted by atomic mass is 10.3. The maximum Gasteiger partial charge on any atom is 0.186 e. The van der Waals surface area contributed by atoms with Gasteiger partial charge in [0.25, 0.3) is 0 Å². The van der Waals surface area contributed by atoms with Gasteiger partial charge in [-0.15, -0.1) is 0 Å². The third kappa shape index (κ3) is 2.68. The molecule has 2 heterocycles. The van der Waals surface area contributed by atoms with Gasteiger partial charge in [0.15, 0.2) is 6.17 Å². The van der Waals surface area contributed by atoms with Crippen LogP contribution in [-0.2, 0) is 7.05 Å². The van der Waals surface area contributed by atoms with E-state index in [1.54, 1.807) is 0 Å². The number of aromatic nitrogens is 1. The number of nitrogens with one attached hydrogen (secondary N) is 1. The molecule has 2 rings (SSSR count). The molecule has 0 amide bonds. The van der Waals surface area contributed by atoms with E-state index in [0.717, 1.165) is 0 Å². The molecule has 1 aromatic heterocycles. The van der Waals surface area contributed by atoms with Crippen LogP contribution in [0.25, 0.3) is 6.08 Å². The number of quaternary nitrogens is 1. The Morgan fingerprint density at radius 3 is 2.62 bits per heavy atom. The Balaban J connectivity index is 0.00000128. The average molecular weight is 331 g/mol. The molecule has 2 atom stereocenters. The summed E-state index contributed by atoms with van der Waals surface area (Å²) in [5, 5.41) is 0. The first-order valence-electron chi connectivity index (χ1n) is 5.21. The largest absolute Gasteiger partial charge is 1.00 e. The number of rotatable bonds is 2. The third-order valence-electron chi connectivity index (χ3n) is 2.91. The maximum absolute atomic E-state index is 2.24. The lowest BCUT2D eigenvalue weighted by Crippen LogP contribution is -3.08. The molecule has 1 aliphatic heterocycles. The van der Waals surface area contributed by atoms with Crippen LogP contribution in [0.2, 0.25) is 0 Å². The van der Waals surface area contributed by atoms with E-state index in [1.807, 2.05) is 0 Å². The van der Waals surface area contributed by atoms with Gasteiger partial charge < -0.3 is 33.4 Å². The lowest BCUT2D eigenvalue weighted by Gasteiger charge is -2.19. The Kier molecular flexibility index (Phi) is 4.61. The van der Waals surface area contributed by atoms with Gasteiger partial charge in [0.2, 0.25) is 0 Å². The first-order chi connectivity index (χ1) is 7.18. The van der Waals surface area contributed by atoms with Crippen molar-refractivity contribution in [2.24, 2.45) is 7.05 Å². The van der Waals surface area contributed by atoms with Crippen LogP contribution in [0, 0.1) is 0 Å². The summed E-state index contributed by atoms with van der Waals surface area (Å²) in [7, 11) is 6.33. The molecule has 3 nitrogen and oxygen atoms in total. The minimum Gasteiger partial charge on any atom is -1.00 e. The van der Waals surface area contributed by atoms with Gasteiger partial charge in [0.1, 0.15) is 6.20 Å². The SMILES string of the molecule is CN1C=C[NH+](C)C1C=Cc1cccn1C.[I-]. The molecule has 88 valence electrons. The molecule has 1 aromatic rings. The minimum atomic E-state index is 0. The normalized spacial score (nSPS) is 24.1. The first-order valence-corrected chi connectivity index (χ1v) is 5.21. The quantitative estimate of drug-likeness (QED) is 0.582. The number of aryl methyl sites for hydroxylation is 1. The minimum absolute atomic E-state index is 0. The Morgan fingerprint density at radius 2 is 2.12 bits per heavy atom. The van der Waals surface area contributed by atoms with Gasteiger partial charge >= 0.3 is 0 Å². The van der Waals surface area contributed by atoms with E-state index >= 15 is 0 Å². The Hall–Kier alpha value is -0.750. The summed E-state index contributed by atoms with van der Waals surface area (Å²) in [6.45, 7) is 0. The van der Waals surface area contributed by atoms with Crippen LogP contribution in [0.15, 0.2) is 36.8 Å². The summed E-state index contributed by atoms with van der Waals surface area (Å²) in [6, 6.07) is 4.18. The highest BCUT2D eigenvalue weighted by atomic mass is 127. The molecule has 4 heteroatoms. The first kappa shape index (κ1) is 13.3. The van der Waals surface area contributed by atoms with Crippen molar-refractivity contribution in [2.45, 2.75) is 6.17 Å². The second kappa shape index (κ2) is 5.54. The summed E-state index contributed by atoms with van der Waals surface area (Å²) >= 11 is 0. The number of halogens is 1. The third-order valence-corrected chi connectivity index (χ3v) is 2.91. The average Bonchev–Trinajstić information content (AvgIpc) is 2.73. The van der Waals surface area contributed by atoms with E-state index in [9.17, 15) is 0 Å². The lowest BCUT2D eigenvalue weighted by molar-refractivity contribution is -0.848. The van der Waals surface area contributed by atoms with Crippen molar-refractivity contribution < 1.29 is 28.9 Å². The van der Waals surface area contributed by atoms with E-state index in [1.165, 1.54) is 10.6 Å². The fourth-order valence-corrected chi connectivity index (χ4v) is 1.87. The van der Waals surface area contributed by atoms with Crippen molar-refractivity contribution in [1.29, 1.82) is 0 Å². The molecule has 0 saturated carbocycles. The second-order valence-electron chi connectivity index (χ2n) is 4.07. The number of hydrogen-bond acceptors (Lipinski definition) is 1. The van der Waals surface area contributed by atoms with Crippen molar-refractivity contribution >= 4 is 6.08 Å². The Morgan fingerprint density at radius 1 is 1.38 bits per heavy atom. The Bertz CT molecular complexity index is 383. The highest BCUT2D eigenvalue weighted by Gasteiger charge is 2.21. The fourth-order valence-electron chi connectivity index (χ4n) is 1.87. The van der Waals surface area contributed by atoms with Crippen LogP contribution in [0.1, 0.15) is 5.69 Å². The molecule has 1 aliphatic rings. The van der Waals surface area contributed by atoms with Gasteiger partial charge in [-0.3, -0.25) is 4.90 Å². The van der Waals surface area contributed by atoms with Crippen LogP contribution in [-0.4, -0.2) is 29.7 Å². The van der Waals surface area contributed by atoms with Crippen molar-refractivity contribution in [1.82, 2.24) is 9.47 Å². The zero-order valence-corrected chi connectivity index (χ0v) is 12.0. The van der Waals surface area contributed by atoms with Gasteiger partial charge in [-0.25, -0.2) is 0 Å². The highest BCUT2D eigenvalue weighted by Crippen LogP contribution is 2.04. The molecule has 0 bridgehead atoms. The van der Waals surface area contributed by atoms with Crippen molar-refractivity contribution in [3.8, 4) is 0 Å². The standard InChI is InChI=1S/C12H17N3.HI/c1-13-8-4-5-11(13)6-7-12-14(2)9-10-15(12)3;/h4-10,12H,1-3H3;1H. The van der Waals surface area contributed by atoms with E-state index in [-0.39, 0.29) is 24.0 Å². The summed E-state index contributed by atoms with van der Waals surface area (Å²) in [4.78, 5) is 3.61. The summed E-state index contributed by atoms with van der Waals surface area (Å²) in [6.07, 6.45) is 11.2. The molecule has 0 radical (unpaired) electrons. The predicted octanol–water partition coefficient (Wildman–Crippen LogP) is -2.70.